The maximum absolute atomic E-state index is 13.2. The van der Waals surface area contributed by atoms with Crippen molar-refractivity contribution < 1.29 is 28.8 Å². The molecule has 13 nitrogen and oxygen atoms in total. The van der Waals surface area contributed by atoms with Crippen LogP contribution in [-0.2, 0) is 28.8 Å². The van der Waals surface area contributed by atoms with E-state index in [-0.39, 0.29) is 37.1 Å². The monoisotopic (exact) mass is 575 g/mol. The minimum Gasteiger partial charge on any atom is -0.397 e. The molecule has 0 spiro atoms. The molecule has 1 aromatic rings. The summed E-state index contributed by atoms with van der Waals surface area (Å²) in [6.45, 7) is 6.77. The Labute approximate surface area is 240 Å². The number of hydrogen-bond donors (Lipinski definition) is 7. The maximum Gasteiger partial charge on any atom is 0.227 e. The lowest BCUT2D eigenvalue weighted by molar-refractivity contribution is -0.127. The van der Waals surface area contributed by atoms with Crippen molar-refractivity contribution in [2.75, 3.05) is 16.4 Å². The maximum atomic E-state index is 13.2. The second kappa shape index (κ2) is 16.2. The number of carbonyl (C=O) groups excluding carboxylic acids is 6. The van der Waals surface area contributed by atoms with Gasteiger partial charge in [-0.2, -0.15) is 0 Å². The molecule has 0 aliphatic carbocycles. The molecular formula is C28H45N7O6. The predicted molar refractivity (Wildman–Crippen MR) is 156 cm³/mol. The molecule has 6 amide bonds. The van der Waals surface area contributed by atoms with E-state index in [0.29, 0.717) is 18.5 Å². The van der Waals surface area contributed by atoms with Gasteiger partial charge in [0, 0.05) is 41.2 Å². The number of benzene rings is 1. The van der Waals surface area contributed by atoms with Crippen molar-refractivity contribution >= 4 is 52.5 Å². The topological polar surface area (TPSA) is 257 Å². The highest BCUT2D eigenvalue weighted by Crippen LogP contribution is 2.29. The highest BCUT2D eigenvalue weighted by molar-refractivity contribution is 5.98. The van der Waals surface area contributed by atoms with E-state index in [4.69, 9.17) is 28.7 Å². The highest BCUT2D eigenvalue weighted by Gasteiger charge is 2.30. The smallest absolute Gasteiger partial charge is 0.227 e. The molecule has 1 rings (SSSR count). The first-order valence-corrected chi connectivity index (χ1v) is 13.8. The predicted octanol–water partition coefficient (Wildman–Crippen LogP) is 1.20. The lowest BCUT2D eigenvalue weighted by atomic mass is 9.85. The fourth-order valence-corrected chi connectivity index (χ4v) is 4.59. The third-order valence-electron chi connectivity index (χ3n) is 7.49. The Morgan fingerprint density at radius 3 is 1.39 bits per heavy atom. The van der Waals surface area contributed by atoms with Gasteiger partial charge in [0.1, 0.15) is 0 Å². The van der Waals surface area contributed by atoms with Crippen LogP contribution in [0.3, 0.4) is 0 Å². The number of anilines is 3. The van der Waals surface area contributed by atoms with Crippen LogP contribution in [0.4, 0.5) is 17.1 Å². The average Bonchev–Trinajstić information content (AvgIpc) is 2.89. The van der Waals surface area contributed by atoms with Gasteiger partial charge in [-0.1, -0.05) is 27.7 Å². The summed E-state index contributed by atoms with van der Waals surface area (Å²) >= 11 is 0. The van der Waals surface area contributed by atoms with Crippen molar-refractivity contribution in [1.29, 1.82) is 0 Å². The van der Waals surface area contributed by atoms with Gasteiger partial charge in [0.2, 0.25) is 35.4 Å². The van der Waals surface area contributed by atoms with Crippen LogP contribution in [0.1, 0.15) is 66.2 Å². The van der Waals surface area contributed by atoms with Gasteiger partial charge in [-0.3, -0.25) is 28.8 Å². The van der Waals surface area contributed by atoms with Gasteiger partial charge in [-0.05, 0) is 56.7 Å². The molecule has 0 bridgehead atoms. The molecule has 0 fully saturated rings. The van der Waals surface area contributed by atoms with Gasteiger partial charge in [-0.25, -0.2) is 0 Å². The Morgan fingerprint density at radius 1 is 0.634 bits per heavy atom. The van der Waals surface area contributed by atoms with E-state index in [1.165, 1.54) is 18.2 Å². The molecule has 13 heteroatoms. The first kappa shape index (κ1) is 34.9. The molecule has 12 N–H and O–H groups in total. The number of carbonyl (C=O) groups is 6. The summed E-state index contributed by atoms with van der Waals surface area (Å²) in [4.78, 5) is 73.2. The van der Waals surface area contributed by atoms with Crippen LogP contribution in [0.2, 0.25) is 0 Å². The molecule has 41 heavy (non-hydrogen) atoms. The Morgan fingerprint density at radius 2 is 1.05 bits per heavy atom. The Balaban J connectivity index is 3.12. The van der Waals surface area contributed by atoms with Crippen LogP contribution in [0.5, 0.6) is 0 Å². The van der Waals surface area contributed by atoms with Gasteiger partial charge < -0.3 is 39.3 Å². The van der Waals surface area contributed by atoms with Crippen LogP contribution < -0.4 is 39.3 Å². The molecule has 0 radical (unpaired) electrons. The molecule has 6 atom stereocenters. The van der Waals surface area contributed by atoms with E-state index in [0.717, 1.165) is 0 Å². The Bertz CT molecular complexity index is 1130. The summed E-state index contributed by atoms with van der Waals surface area (Å²) in [6, 6.07) is 4.48. The number of rotatable bonds is 18. The zero-order valence-electron chi connectivity index (χ0n) is 24.3. The largest absolute Gasteiger partial charge is 0.397 e. The fourth-order valence-electron chi connectivity index (χ4n) is 4.59. The molecule has 0 heterocycles. The molecule has 1 aromatic carbocycles. The van der Waals surface area contributed by atoms with Gasteiger partial charge >= 0.3 is 0 Å². The summed E-state index contributed by atoms with van der Waals surface area (Å²) in [5.41, 5.74) is 28.6. The van der Waals surface area contributed by atoms with E-state index in [1.807, 2.05) is 0 Å². The Kier molecular flexibility index (Phi) is 13.8. The van der Waals surface area contributed by atoms with Crippen molar-refractivity contribution in [2.45, 2.75) is 66.2 Å². The second-order valence-electron chi connectivity index (χ2n) is 10.7. The molecule has 0 saturated heterocycles. The van der Waals surface area contributed by atoms with Crippen LogP contribution in [0.25, 0.3) is 0 Å². The summed E-state index contributed by atoms with van der Waals surface area (Å²) in [7, 11) is 0. The normalized spacial score (nSPS) is 15.4. The summed E-state index contributed by atoms with van der Waals surface area (Å²) < 4.78 is 0. The molecule has 0 aromatic heterocycles. The first-order chi connectivity index (χ1) is 19.1. The number of primary amides is 4. The third kappa shape index (κ3) is 11.1. The van der Waals surface area contributed by atoms with Crippen molar-refractivity contribution in [2.24, 2.45) is 58.4 Å². The first-order valence-electron chi connectivity index (χ1n) is 13.8. The Hall–Kier alpha value is -4.16. The third-order valence-corrected chi connectivity index (χ3v) is 7.49. The van der Waals surface area contributed by atoms with Crippen molar-refractivity contribution in [1.82, 2.24) is 0 Å². The van der Waals surface area contributed by atoms with E-state index in [9.17, 15) is 28.8 Å². The van der Waals surface area contributed by atoms with Gasteiger partial charge in [0.25, 0.3) is 0 Å². The quantitative estimate of drug-likeness (QED) is 0.126. The van der Waals surface area contributed by atoms with Crippen molar-refractivity contribution in [3.05, 3.63) is 18.2 Å². The highest BCUT2D eigenvalue weighted by atomic mass is 16.2. The minimum absolute atomic E-state index is 0.119. The van der Waals surface area contributed by atoms with Gasteiger partial charge in [0.05, 0.1) is 11.4 Å². The van der Waals surface area contributed by atoms with Crippen LogP contribution in [-0.4, -0.2) is 35.4 Å². The summed E-state index contributed by atoms with van der Waals surface area (Å²) in [6.07, 6.45) is 1.39. The number of nitrogens with one attached hydrogen (secondary N) is 2. The van der Waals surface area contributed by atoms with Crippen molar-refractivity contribution in [3.63, 3.8) is 0 Å². The van der Waals surface area contributed by atoms with Crippen LogP contribution in [0.15, 0.2) is 18.2 Å². The van der Waals surface area contributed by atoms with E-state index < -0.39 is 71.0 Å². The van der Waals surface area contributed by atoms with Crippen LogP contribution in [0, 0.1) is 35.5 Å². The van der Waals surface area contributed by atoms with Crippen LogP contribution >= 0.6 is 0 Å². The lowest BCUT2D eigenvalue weighted by Crippen LogP contribution is -2.34. The molecule has 6 unspecified atom stereocenters. The van der Waals surface area contributed by atoms with E-state index in [2.05, 4.69) is 10.6 Å². The molecule has 228 valence electrons. The summed E-state index contributed by atoms with van der Waals surface area (Å²) in [5.74, 6) is -6.91. The number of nitrogen functional groups attached to an aromatic ring is 1. The number of nitrogens with two attached hydrogens (primary N) is 5. The van der Waals surface area contributed by atoms with E-state index >= 15 is 0 Å². The SMILES string of the molecule is CCC(CC(CC(C)C(N)=O)C(=O)Nc1ccc(NC(=O)C(CC(C)C(N)=O)CC(CC)C(N)=O)c(N)c1)C(N)=O. The van der Waals surface area contributed by atoms with Gasteiger partial charge in [-0.15, -0.1) is 0 Å². The zero-order chi connectivity index (χ0) is 31.4. The molecule has 0 saturated carbocycles. The number of amides is 6. The van der Waals surface area contributed by atoms with Gasteiger partial charge in [0.15, 0.2) is 0 Å². The standard InChI is InChI=1S/C28H45N7O6/c1-5-16(25(32)38)11-18(9-14(3)23(30)36)27(40)34-20-7-8-22(21(29)13-20)35-28(41)19(10-15(4)24(31)37)12-17(6-2)26(33)39/h7-8,13-19H,5-6,9-12,29H2,1-4H3,(H2,30,36)(H2,31,37)(H2,32,38)(H2,33,39)(H,34,40)(H,35,41). The fraction of sp³-hybridized carbons (Fsp3) is 0.571. The molecular weight excluding hydrogens is 530 g/mol. The second-order valence-corrected chi connectivity index (χ2v) is 10.7. The van der Waals surface area contributed by atoms with E-state index in [1.54, 1.807) is 27.7 Å². The average molecular weight is 576 g/mol. The molecule has 0 aliphatic rings. The number of hydrogen-bond acceptors (Lipinski definition) is 7. The lowest BCUT2D eigenvalue weighted by Gasteiger charge is -2.23. The van der Waals surface area contributed by atoms with Crippen molar-refractivity contribution in [3.8, 4) is 0 Å². The molecule has 0 aliphatic heterocycles. The minimum atomic E-state index is -0.738. The summed E-state index contributed by atoms with van der Waals surface area (Å²) in [5, 5.41) is 5.47. The zero-order valence-corrected chi connectivity index (χ0v) is 24.3.